The highest BCUT2D eigenvalue weighted by Gasteiger charge is 2.26. The maximum Gasteiger partial charge on any atom is 0.252 e. The van der Waals surface area contributed by atoms with Gasteiger partial charge in [0.05, 0.1) is 11.1 Å². The molecule has 98 valence electrons. The Morgan fingerprint density at radius 3 is 2.89 bits per heavy atom. The minimum Gasteiger partial charge on any atom is -0.352 e. The van der Waals surface area contributed by atoms with Crippen molar-refractivity contribution in [3.8, 4) is 0 Å². The van der Waals surface area contributed by atoms with E-state index in [-0.39, 0.29) is 5.91 Å². The number of carbonyl (C=O) groups excluding carboxylic acids is 1. The van der Waals surface area contributed by atoms with Crippen LogP contribution in [0.4, 0.5) is 0 Å². The van der Waals surface area contributed by atoms with E-state index < -0.39 is 0 Å². The van der Waals surface area contributed by atoms with Crippen LogP contribution in [0.3, 0.4) is 0 Å². The Balaban J connectivity index is 2.06. The van der Waals surface area contributed by atoms with Gasteiger partial charge in [0, 0.05) is 23.5 Å². The molecule has 1 aromatic carbocycles. The first-order valence-corrected chi connectivity index (χ1v) is 6.97. The van der Waals surface area contributed by atoms with Crippen LogP contribution in [0.1, 0.15) is 48.2 Å². The van der Waals surface area contributed by atoms with Gasteiger partial charge in [-0.2, -0.15) is 0 Å². The Morgan fingerprint density at radius 1 is 1.37 bits per heavy atom. The van der Waals surface area contributed by atoms with E-state index in [2.05, 4.69) is 17.2 Å². The third kappa shape index (κ3) is 2.46. The van der Waals surface area contributed by atoms with Gasteiger partial charge in [0.2, 0.25) is 0 Å². The molecule has 0 radical (unpaired) electrons. The molecule has 0 saturated heterocycles. The van der Waals surface area contributed by atoms with Crippen molar-refractivity contribution in [1.82, 2.24) is 10.3 Å². The van der Waals surface area contributed by atoms with Gasteiger partial charge < -0.3 is 5.32 Å². The van der Waals surface area contributed by atoms with Gasteiger partial charge in [-0.05, 0) is 31.4 Å². The molecule has 0 bridgehead atoms. The van der Waals surface area contributed by atoms with Gasteiger partial charge in [0.15, 0.2) is 0 Å². The molecule has 1 saturated carbocycles. The quantitative estimate of drug-likeness (QED) is 0.910. The van der Waals surface area contributed by atoms with E-state index in [1.54, 1.807) is 0 Å². The summed E-state index contributed by atoms with van der Waals surface area (Å²) in [7, 11) is 0. The van der Waals surface area contributed by atoms with Gasteiger partial charge in [-0.15, -0.1) is 0 Å². The number of nitrogens with one attached hydrogen (secondary N) is 1. The van der Waals surface area contributed by atoms with E-state index in [1.165, 1.54) is 12.8 Å². The van der Waals surface area contributed by atoms with Crippen molar-refractivity contribution in [2.24, 2.45) is 0 Å². The van der Waals surface area contributed by atoms with Crippen molar-refractivity contribution < 1.29 is 4.79 Å². The van der Waals surface area contributed by atoms with Crippen molar-refractivity contribution >= 4 is 16.8 Å². The van der Waals surface area contributed by atoms with Gasteiger partial charge in [0.1, 0.15) is 0 Å². The number of hydrogen-bond donors (Lipinski definition) is 1. The van der Waals surface area contributed by atoms with Crippen LogP contribution < -0.4 is 5.32 Å². The average molecular weight is 254 g/mol. The third-order valence-electron chi connectivity index (χ3n) is 3.51. The number of rotatable bonds is 4. The molecular weight excluding hydrogens is 236 g/mol. The molecule has 1 aliphatic carbocycles. The normalized spacial score (nSPS) is 14.6. The highest BCUT2D eigenvalue weighted by Crippen LogP contribution is 2.40. The molecule has 3 nitrogen and oxygen atoms in total. The number of carbonyl (C=O) groups is 1. The number of hydrogen-bond acceptors (Lipinski definition) is 2. The van der Waals surface area contributed by atoms with Gasteiger partial charge >= 0.3 is 0 Å². The smallest absolute Gasteiger partial charge is 0.252 e. The number of para-hydroxylation sites is 1. The number of amides is 1. The predicted octanol–water partition coefficient (Wildman–Crippen LogP) is 3.25. The molecule has 1 aromatic heterocycles. The maximum absolute atomic E-state index is 12.3. The van der Waals surface area contributed by atoms with Gasteiger partial charge in [-0.1, -0.05) is 25.1 Å². The lowest BCUT2D eigenvalue weighted by Crippen LogP contribution is -2.24. The summed E-state index contributed by atoms with van der Waals surface area (Å²) in [6, 6.07) is 9.86. The van der Waals surface area contributed by atoms with Crippen LogP contribution in [0.2, 0.25) is 0 Å². The fraction of sp³-hybridized carbons (Fsp3) is 0.375. The second kappa shape index (κ2) is 5.00. The first-order valence-electron chi connectivity index (χ1n) is 6.97. The fourth-order valence-electron chi connectivity index (χ4n) is 2.31. The number of nitrogens with zero attached hydrogens (tertiary/aromatic N) is 1. The summed E-state index contributed by atoms with van der Waals surface area (Å²) in [6.07, 6.45) is 3.34. The standard InChI is InChI=1S/C16H18N2O/c1-2-9-17-16(19)13-10-15(11-7-8-11)18-14-6-4-3-5-12(13)14/h3-6,10-11H,2,7-9H2,1H3,(H,17,19). The molecule has 2 aromatic rings. The fourth-order valence-corrected chi connectivity index (χ4v) is 2.31. The van der Waals surface area contributed by atoms with Crippen molar-refractivity contribution in [2.45, 2.75) is 32.1 Å². The van der Waals surface area contributed by atoms with E-state index in [1.807, 2.05) is 30.3 Å². The van der Waals surface area contributed by atoms with E-state index in [9.17, 15) is 4.79 Å². The second-order valence-electron chi connectivity index (χ2n) is 5.14. The first kappa shape index (κ1) is 12.2. The van der Waals surface area contributed by atoms with Crippen LogP contribution in [-0.4, -0.2) is 17.4 Å². The van der Waals surface area contributed by atoms with Gasteiger partial charge in [-0.3, -0.25) is 9.78 Å². The Morgan fingerprint density at radius 2 is 2.16 bits per heavy atom. The molecule has 0 spiro atoms. The minimum absolute atomic E-state index is 0.0161. The molecule has 1 N–H and O–H groups in total. The summed E-state index contributed by atoms with van der Waals surface area (Å²) in [5.74, 6) is 0.574. The van der Waals surface area contributed by atoms with Gasteiger partial charge in [0.25, 0.3) is 5.91 Å². The molecule has 1 aliphatic rings. The highest BCUT2D eigenvalue weighted by atomic mass is 16.1. The molecule has 0 unspecified atom stereocenters. The molecule has 1 amide bonds. The Bertz CT molecular complexity index is 617. The lowest BCUT2D eigenvalue weighted by molar-refractivity contribution is 0.0955. The van der Waals surface area contributed by atoms with Crippen molar-refractivity contribution in [3.05, 3.63) is 41.6 Å². The van der Waals surface area contributed by atoms with Crippen LogP contribution in [0.25, 0.3) is 10.9 Å². The maximum atomic E-state index is 12.3. The summed E-state index contributed by atoms with van der Waals surface area (Å²) >= 11 is 0. The second-order valence-corrected chi connectivity index (χ2v) is 5.14. The minimum atomic E-state index is 0.0161. The number of fused-ring (bicyclic) bond motifs is 1. The molecular formula is C16H18N2O. The molecule has 3 heteroatoms. The molecule has 1 heterocycles. The lowest BCUT2D eigenvalue weighted by Gasteiger charge is -2.09. The molecule has 19 heavy (non-hydrogen) atoms. The van der Waals surface area contributed by atoms with E-state index in [4.69, 9.17) is 0 Å². The number of benzene rings is 1. The number of pyridine rings is 1. The zero-order valence-corrected chi connectivity index (χ0v) is 11.1. The molecule has 0 atom stereocenters. The highest BCUT2D eigenvalue weighted by molar-refractivity contribution is 6.06. The van der Waals surface area contributed by atoms with E-state index >= 15 is 0 Å². The number of aromatic nitrogens is 1. The van der Waals surface area contributed by atoms with Crippen LogP contribution >= 0.6 is 0 Å². The third-order valence-corrected chi connectivity index (χ3v) is 3.51. The van der Waals surface area contributed by atoms with E-state index in [0.717, 1.165) is 28.6 Å². The zero-order valence-electron chi connectivity index (χ0n) is 11.1. The monoisotopic (exact) mass is 254 g/mol. The van der Waals surface area contributed by atoms with Crippen LogP contribution in [0.15, 0.2) is 30.3 Å². The molecule has 1 fully saturated rings. The van der Waals surface area contributed by atoms with Crippen LogP contribution in [0.5, 0.6) is 0 Å². The SMILES string of the molecule is CCCNC(=O)c1cc(C2CC2)nc2ccccc12. The Hall–Kier alpha value is -1.90. The Kier molecular flexibility index (Phi) is 3.20. The summed E-state index contributed by atoms with van der Waals surface area (Å²) in [5, 5.41) is 3.91. The summed E-state index contributed by atoms with van der Waals surface area (Å²) < 4.78 is 0. The van der Waals surface area contributed by atoms with Crippen molar-refractivity contribution in [2.75, 3.05) is 6.54 Å². The topological polar surface area (TPSA) is 42.0 Å². The Labute approximate surface area is 113 Å². The van der Waals surface area contributed by atoms with Crippen molar-refractivity contribution in [1.29, 1.82) is 0 Å². The first-order chi connectivity index (χ1) is 9.29. The summed E-state index contributed by atoms with van der Waals surface area (Å²) in [4.78, 5) is 17.0. The lowest BCUT2D eigenvalue weighted by atomic mass is 10.1. The molecule has 0 aliphatic heterocycles. The predicted molar refractivity (Wildman–Crippen MR) is 76.3 cm³/mol. The van der Waals surface area contributed by atoms with E-state index in [0.29, 0.717) is 12.5 Å². The summed E-state index contributed by atoms with van der Waals surface area (Å²) in [5.41, 5.74) is 2.76. The van der Waals surface area contributed by atoms with Crippen LogP contribution in [-0.2, 0) is 0 Å². The largest absolute Gasteiger partial charge is 0.352 e. The summed E-state index contributed by atoms with van der Waals surface area (Å²) in [6.45, 7) is 2.77. The zero-order chi connectivity index (χ0) is 13.2. The van der Waals surface area contributed by atoms with Crippen molar-refractivity contribution in [3.63, 3.8) is 0 Å². The van der Waals surface area contributed by atoms with Gasteiger partial charge in [-0.25, -0.2) is 0 Å². The molecule has 3 rings (SSSR count). The average Bonchev–Trinajstić information content (AvgIpc) is 3.28. The van der Waals surface area contributed by atoms with Crippen LogP contribution in [0, 0.1) is 0 Å².